The zero-order valence-electron chi connectivity index (χ0n) is 11.0. The molecule has 16 heavy (non-hydrogen) atoms. The molecule has 0 aliphatic carbocycles. The molecule has 0 rings (SSSR count). The molecule has 94 valence electrons. The second-order valence-electron chi connectivity index (χ2n) is 4.45. The van der Waals surface area contributed by atoms with E-state index in [-0.39, 0.29) is 6.04 Å². The van der Waals surface area contributed by atoms with Gasteiger partial charge in [0.15, 0.2) is 0 Å². The Bertz CT molecular complexity index is 201. The third-order valence-corrected chi connectivity index (χ3v) is 2.47. The lowest BCUT2D eigenvalue weighted by molar-refractivity contribution is 0.138. The first kappa shape index (κ1) is 15.4. The summed E-state index contributed by atoms with van der Waals surface area (Å²) in [5.41, 5.74) is 0. The van der Waals surface area contributed by atoms with Crippen LogP contribution in [-0.4, -0.2) is 51.3 Å². The zero-order chi connectivity index (χ0) is 12.4. The van der Waals surface area contributed by atoms with Gasteiger partial charge < -0.3 is 15.0 Å². The Hall–Kier alpha value is -0.630. The van der Waals surface area contributed by atoms with E-state index in [1.807, 2.05) is 7.05 Å². The van der Waals surface area contributed by atoms with E-state index in [1.54, 1.807) is 7.11 Å². The highest BCUT2D eigenvalue weighted by atomic mass is 16.5. The molecule has 1 N–H and O–H groups in total. The molecule has 0 aromatic rings. The van der Waals surface area contributed by atoms with Crippen molar-refractivity contribution in [3.63, 3.8) is 0 Å². The number of hydrogen-bond acceptors (Lipinski definition) is 4. The van der Waals surface area contributed by atoms with E-state index < -0.39 is 0 Å². The summed E-state index contributed by atoms with van der Waals surface area (Å²) in [6, 6.07) is 2.20. The Balaban J connectivity index is 3.95. The highest BCUT2D eigenvalue weighted by Gasteiger charge is 2.10. The number of rotatable bonds is 9. The van der Waals surface area contributed by atoms with Gasteiger partial charge in [-0.25, -0.2) is 0 Å². The van der Waals surface area contributed by atoms with Crippen LogP contribution < -0.4 is 5.32 Å². The van der Waals surface area contributed by atoms with Crippen LogP contribution in [-0.2, 0) is 4.74 Å². The van der Waals surface area contributed by atoms with Gasteiger partial charge in [-0.2, -0.15) is 5.26 Å². The summed E-state index contributed by atoms with van der Waals surface area (Å²) in [4.78, 5) is 2.36. The van der Waals surface area contributed by atoms with E-state index in [0.717, 1.165) is 32.7 Å². The molecule has 0 saturated heterocycles. The van der Waals surface area contributed by atoms with Gasteiger partial charge in [0.25, 0.3) is 0 Å². The van der Waals surface area contributed by atoms with Crippen LogP contribution >= 0.6 is 0 Å². The monoisotopic (exact) mass is 227 g/mol. The van der Waals surface area contributed by atoms with E-state index in [1.165, 1.54) is 0 Å². The molecule has 0 saturated carbocycles. The van der Waals surface area contributed by atoms with Crippen molar-refractivity contribution in [1.29, 1.82) is 5.26 Å². The third kappa shape index (κ3) is 7.63. The molecule has 0 aliphatic heterocycles. The van der Waals surface area contributed by atoms with Crippen LogP contribution in [0.1, 0.15) is 20.3 Å². The standard InChI is InChI=1S/C12H25N3O/c1-11(2)10-15(7-8-16-4)6-5-12(9-13)14-3/h11-12,14H,5-8,10H2,1-4H3. The molecule has 0 aromatic heterocycles. The van der Waals surface area contributed by atoms with Crippen LogP contribution in [0.15, 0.2) is 0 Å². The molecular formula is C12H25N3O. The molecule has 0 amide bonds. The molecule has 1 atom stereocenters. The normalized spacial score (nSPS) is 13.1. The van der Waals surface area contributed by atoms with Crippen molar-refractivity contribution in [2.75, 3.05) is 40.4 Å². The van der Waals surface area contributed by atoms with Gasteiger partial charge >= 0.3 is 0 Å². The van der Waals surface area contributed by atoms with Crippen molar-refractivity contribution < 1.29 is 4.74 Å². The molecule has 4 nitrogen and oxygen atoms in total. The van der Waals surface area contributed by atoms with Gasteiger partial charge in [0.05, 0.1) is 18.7 Å². The summed E-state index contributed by atoms with van der Waals surface area (Å²) in [5, 5.41) is 11.8. The molecular weight excluding hydrogens is 202 g/mol. The van der Waals surface area contributed by atoms with Crippen LogP contribution in [0.3, 0.4) is 0 Å². The second kappa shape index (κ2) is 9.59. The maximum Gasteiger partial charge on any atom is 0.0962 e. The first-order valence-corrected chi connectivity index (χ1v) is 5.92. The molecule has 0 bridgehead atoms. The summed E-state index contributed by atoms with van der Waals surface area (Å²) in [6.45, 7) is 8.12. The fourth-order valence-corrected chi connectivity index (χ4v) is 1.62. The third-order valence-electron chi connectivity index (χ3n) is 2.47. The lowest BCUT2D eigenvalue weighted by Crippen LogP contribution is -2.35. The lowest BCUT2D eigenvalue weighted by Gasteiger charge is -2.24. The number of nitrogens with zero attached hydrogens (tertiary/aromatic N) is 2. The summed E-state index contributed by atoms with van der Waals surface area (Å²) >= 11 is 0. The van der Waals surface area contributed by atoms with Crippen molar-refractivity contribution >= 4 is 0 Å². The van der Waals surface area contributed by atoms with Gasteiger partial charge in [0, 0.05) is 26.7 Å². The van der Waals surface area contributed by atoms with E-state index in [4.69, 9.17) is 10.00 Å². The van der Waals surface area contributed by atoms with Crippen LogP contribution in [0.5, 0.6) is 0 Å². The fraction of sp³-hybridized carbons (Fsp3) is 0.917. The first-order chi connectivity index (χ1) is 7.63. The Morgan fingerprint density at radius 1 is 1.38 bits per heavy atom. The largest absolute Gasteiger partial charge is 0.383 e. The quantitative estimate of drug-likeness (QED) is 0.640. The minimum Gasteiger partial charge on any atom is -0.383 e. The Labute approximate surface area is 99.6 Å². The van der Waals surface area contributed by atoms with Crippen molar-refractivity contribution in [3.8, 4) is 6.07 Å². The predicted molar refractivity (Wildman–Crippen MR) is 66.2 cm³/mol. The van der Waals surface area contributed by atoms with Gasteiger partial charge in [-0.05, 0) is 19.4 Å². The number of nitrogens with one attached hydrogen (secondary N) is 1. The minimum atomic E-state index is -0.0443. The number of ether oxygens (including phenoxy) is 1. The average Bonchev–Trinajstić information content (AvgIpc) is 2.26. The maximum atomic E-state index is 8.84. The molecule has 0 aliphatic rings. The molecule has 0 heterocycles. The molecule has 0 aromatic carbocycles. The summed E-state index contributed by atoms with van der Waals surface area (Å²) in [7, 11) is 3.55. The highest BCUT2D eigenvalue weighted by molar-refractivity contribution is 4.89. The van der Waals surface area contributed by atoms with Crippen LogP contribution in [0.4, 0.5) is 0 Å². The van der Waals surface area contributed by atoms with Gasteiger partial charge in [0.1, 0.15) is 0 Å². The van der Waals surface area contributed by atoms with Crippen molar-refractivity contribution in [2.45, 2.75) is 26.3 Å². The second-order valence-corrected chi connectivity index (χ2v) is 4.45. The van der Waals surface area contributed by atoms with E-state index in [2.05, 4.69) is 30.1 Å². The molecule has 1 unspecified atom stereocenters. The van der Waals surface area contributed by atoms with E-state index in [9.17, 15) is 0 Å². The minimum absolute atomic E-state index is 0.0443. The van der Waals surface area contributed by atoms with Gasteiger partial charge in [-0.3, -0.25) is 0 Å². The zero-order valence-corrected chi connectivity index (χ0v) is 11.0. The van der Waals surface area contributed by atoms with Gasteiger partial charge in [-0.15, -0.1) is 0 Å². The van der Waals surface area contributed by atoms with Gasteiger partial charge in [0.2, 0.25) is 0 Å². The molecule has 0 fully saturated rings. The van der Waals surface area contributed by atoms with Crippen LogP contribution in [0.2, 0.25) is 0 Å². The highest BCUT2D eigenvalue weighted by Crippen LogP contribution is 2.01. The molecule has 4 heteroatoms. The van der Waals surface area contributed by atoms with E-state index in [0.29, 0.717) is 5.92 Å². The smallest absolute Gasteiger partial charge is 0.0962 e. The summed E-state index contributed by atoms with van der Waals surface area (Å²) in [6.07, 6.45) is 0.865. The number of hydrogen-bond donors (Lipinski definition) is 1. The number of nitriles is 1. The summed E-state index contributed by atoms with van der Waals surface area (Å²) in [5.74, 6) is 0.645. The van der Waals surface area contributed by atoms with Crippen LogP contribution in [0.25, 0.3) is 0 Å². The maximum absolute atomic E-state index is 8.84. The van der Waals surface area contributed by atoms with Crippen molar-refractivity contribution in [3.05, 3.63) is 0 Å². The lowest BCUT2D eigenvalue weighted by atomic mass is 10.1. The predicted octanol–water partition coefficient (Wildman–Crippen LogP) is 1.09. The average molecular weight is 227 g/mol. The van der Waals surface area contributed by atoms with Crippen molar-refractivity contribution in [1.82, 2.24) is 10.2 Å². The Morgan fingerprint density at radius 3 is 2.50 bits per heavy atom. The number of methoxy groups -OCH3 is 1. The Kier molecular flexibility index (Phi) is 9.21. The fourth-order valence-electron chi connectivity index (χ4n) is 1.62. The van der Waals surface area contributed by atoms with E-state index >= 15 is 0 Å². The van der Waals surface area contributed by atoms with Crippen molar-refractivity contribution in [2.24, 2.45) is 5.92 Å². The summed E-state index contributed by atoms with van der Waals surface area (Å²) < 4.78 is 5.09. The topological polar surface area (TPSA) is 48.3 Å². The molecule has 0 spiro atoms. The molecule has 0 radical (unpaired) electrons. The van der Waals surface area contributed by atoms with Gasteiger partial charge in [-0.1, -0.05) is 13.8 Å². The SMILES string of the molecule is CNC(C#N)CCN(CCOC)CC(C)C. The Morgan fingerprint density at radius 2 is 2.06 bits per heavy atom. The van der Waals surface area contributed by atoms with Crippen LogP contribution in [0, 0.1) is 17.2 Å². The first-order valence-electron chi connectivity index (χ1n) is 5.92.